The van der Waals surface area contributed by atoms with Crippen molar-refractivity contribution in [3.8, 4) is 0 Å². The van der Waals surface area contributed by atoms with Gasteiger partial charge in [0.1, 0.15) is 21.5 Å². The van der Waals surface area contributed by atoms with Gasteiger partial charge in [-0.1, -0.05) is 0 Å². The predicted molar refractivity (Wildman–Crippen MR) is 119 cm³/mol. The van der Waals surface area contributed by atoms with Crippen LogP contribution in [0, 0.1) is 35.3 Å². The third-order valence-corrected chi connectivity index (χ3v) is 5.32. The molecule has 0 amide bonds. The quantitative estimate of drug-likeness (QED) is 0.0942. The van der Waals surface area contributed by atoms with Crippen molar-refractivity contribution in [2.45, 2.75) is 4.90 Å². The third kappa shape index (κ3) is 6.71. The maximum absolute atomic E-state index is 11.6. The Labute approximate surface area is 227 Å². The van der Waals surface area contributed by atoms with Gasteiger partial charge in [0.25, 0.3) is 11.4 Å². The summed E-state index contributed by atoms with van der Waals surface area (Å²) in [5.41, 5.74) is -3.37. The number of nitro benzene ring substituents is 3. The molecular formula is C18H10N7NaO10S. The van der Waals surface area contributed by atoms with Crippen LogP contribution in [0.1, 0.15) is 0 Å². The van der Waals surface area contributed by atoms with E-state index >= 15 is 0 Å². The van der Waals surface area contributed by atoms with Crippen LogP contribution < -0.4 is 34.6 Å². The summed E-state index contributed by atoms with van der Waals surface area (Å²) in [4.78, 5) is 42.2. The van der Waals surface area contributed by atoms with E-state index in [1.807, 2.05) is 0 Å². The Morgan fingerprint density at radius 3 is 1.68 bits per heavy atom. The van der Waals surface area contributed by atoms with E-state index in [0.29, 0.717) is 11.1 Å². The van der Waals surface area contributed by atoms with Crippen LogP contribution in [-0.2, 0) is 10.1 Å². The zero-order valence-electron chi connectivity index (χ0n) is 18.4. The van der Waals surface area contributed by atoms with Gasteiger partial charge < -0.3 is 4.55 Å². The first-order valence-corrected chi connectivity index (χ1v) is 10.7. The summed E-state index contributed by atoms with van der Waals surface area (Å²) in [6.45, 7) is 0. The van der Waals surface area contributed by atoms with Gasteiger partial charge in [-0.15, -0.1) is 4.91 Å². The van der Waals surface area contributed by atoms with Crippen molar-refractivity contribution < 1.29 is 57.3 Å². The average Bonchev–Trinajstić information content (AvgIpc) is 2.83. The van der Waals surface area contributed by atoms with E-state index in [2.05, 4.69) is 15.5 Å². The molecule has 0 bridgehead atoms. The monoisotopic (exact) mass is 539 g/mol. The molecular weight excluding hydrogens is 529 g/mol. The summed E-state index contributed by atoms with van der Waals surface area (Å²) in [5, 5.41) is 44.5. The zero-order chi connectivity index (χ0) is 26.6. The van der Waals surface area contributed by atoms with E-state index < -0.39 is 58.2 Å². The fourth-order valence-electron chi connectivity index (χ4n) is 2.86. The van der Waals surface area contributed by atoms with E-state index in [9.17, 15) is 48.2 Å². The van der Waals surface area contributed by atoms with Crippen molar-refractivity contribution >= 4 is 49.9 Å². The molecule has 0 spiro atoms. The molecule has 3 rings (SSSR count). The molecule has 0 radical (unpaired) electrons. The Morgan fingerprint density at radius 1 is 0.703 bits per heavy atom. The van der Waals surface area contributed by atoms with Gasteiger partial charge in [0, 0.05) is 12.1 Å². The van der Waals surface area contributed by atoms with E-state index in [-0.39, 0.29) is 40.9 Å². The molecule has 0 fully saturated rings. The van der Waals surface area contributed by atoms with Crippen LogP contribution in [0.2, 0.25) is 0 Å². The number of non-ortho nitro benzene ring substituents is 1. The van der Waals surface area contributed by atoms with Crippen LogP contribution in [0.3, 0.4) is 0 Å². The molecule has 0 N–H and O–H groups in total. The van der Waals surface area contributed by atoms with Gasteiger partial charge in [0.05, 0.1) is 42.4 Å². The molecule has 0 unspecified atom stereocenters. The van der Waals surface area contributed by atoms with Gasteiger partial charge in [0.15, 0.2) is 0 Å². The number of rotatable bonds is 9. The van der Waals surface area contributed by atoms with Gasteiger partial charge in [-0.3, -0.25) is 30.3 Å². The minimum Gasteiger partial charge on any atom is -0.744 e. The topological polar surface area (TPSA) is 244 Å². The Balaban J connectivity index is 0.00000481. The van der Waals surface area contributed by atoms with Crippen molar-refractivity contribution in [2.75, 3.05) is 5.01 Å². The third-order valence-electron chi connectivity index (χ3n) is 4.47. The average molecular weight is 539 g/mol. The first kappa shape index (κ1) is 29.0. The fraction of sp³-hybridized carbons (Fsp3) is 0. The number of nitroso groups, excluding NO2 is 1. The van der Waals surface area contributed by atoms with E-state index in [1.165, 1.54) is 12.1 Å². The van der Waals surface area contributed by atoms with Crippen molar-refractivity contribution in [1.29, 1.82) is 0 Å². The SMILES string of the molecule is O=NN(c1ccc(N=Nc2ccc(S(=O)(=O)[O-])cc2)cc1[N+](=O)[O-])c1ccc([N+](=O)[O-])cc1[N+](=O)[O-].[Na+]. The normalized spacial score (nSPS) is 10.9. The number of benzene rings is 3. The minimum absolute atomic E-state index is 0. The largest absolute Gasteiger partial charge is 1.00 e. The van der Waals surface area contributed by atoms with Gasteiger partial charge in [-0.2, -0.15) is 15.2 Å². The van der Waals surface area contributed by atoms with Crippen LogP contribution in [0.15, 0.2) is 81.1 Å². The van der Waals surface area contributed by atoms with Crippen LogP contribution in [0.25, 0.3) is 0 Å². The van der Waals surface area contributed by atoms with Gasteiger partial charge in [-0.25, -0.2) is 8.42 Å². The molecule has 0 saturated carbocycles. The number of anilines is 2. The van der Waals surface area contributed by atoms with Gasteiger partial charge in [-0.05, 0) is 42.5 Å². The number of hydrogen-bond acceptors (Lipinski definition) is 13. The molecule has 0 aromatic heterocycles. The molecule has 0 heterocycles. The predicted octanol–water partition coefficient (Wildman–Crippen LogP) is 1.55. The molecule has 3 aromatic rings. The summed E-state index contributed by atoms with van der Waals surface area (Å²) in [5.74, 6) is 0. The first-order valence-electron chi connectivity index (χ1n) is 9.24. The van der Waals surface area contributed by atoms with Crippen LogP contribution >= 0.6 is 0 Å². The number of azo groups is 1. The zero-order valence-corrected chi connectivity index (χ0v) is 21.2. The maximum atomic E-state index is 11.6. The Bertz CT molecular complexity index is 1530. The summed E-state index contributed by atoms with van der Waals surface area (Å²) < 4.78 is 32.9. The second-order valence-corrected chi connectivity index (χ2v) is 8.04. The molecule has 184 valence electrons. The van der Waals surface area contributed by atoms with Crippen LogP contribution in [0.5, 0.6) is 0 Å². The summed E-state index contributed by atoms with van der Waals surface area (Å²) in [7, 11) is -4.67. The molecule has 0 saturated heterocycles. The molecule has 37 heavy (non-hydrogen) atoms. The molecule has 0 aliphatic heterocycles. The van der Waals surface area contributed by atoms with Gasteiger partial charge >= 0.3 is 35.2 Å². The van der Waals surface area contributed by atoms with Crippen molar-refractivity contribution in [3.63, 3.8) is 0 Å². The molecule has 3 aromatic carbocycles. The minimum atomic E-state index is -4.67. The maximum Gasteiger partial charge on any atom is 1.00 e. The van der Waals surface area contributed by atoms with Crippen LogP contribution in [0.4, 0.5) is 39.8 Å². The summed E-state index contributed by atoms with van der Waals surface area (Å²) in [6, 6.07) is 9.66. The molecule has 0 aliphatic rings. The van der Waals surface area contributed by atoms with Crippen molar-refractivity contribution in [1.82, 2.24) is 0 Å². The number of hydrogen-bond donors (Lipinski definition) is 0. The standard InChI is InChI=1S/C18H11N7O10S.Na/c26-21-22(16-8-4-13(23(27)28)10-18(16)25(31)32)15-7-3-12(9-17(15)24(29)30)20-19-11-1-5-14(6-2-11)36(33,34)35;/h1-10H,(H,33,34,35);/q;+1/p-1. The fourth-order valence-corrected chi connectivity index (χ4v) is 3.33. The second-order valence-electron chi connectivity index (χ2n) is 6.66. The Kier molecular flexibility index (Phi) is 9.15. The van der Waals surface area contributed by atoms with E-state index in [4.69, 9.17) is 0 Å². The van der Waals surface area contributed by atoms with Crippen molar-refractivity contribution in [3.05, 3.63) is 95.9 Å². The van der Waals surface area contributed by atoms with Crippen LogP contribution in [-0.4, -0.2) is 27.7 Å². The molecule has 0 aliphatic carbocycles. The Morgan fingerprint density at radius 2 is 1.19 bits per heavy atom. The van der Waals surface area contributed by atoms with E-state index in [1.54, 1.807) is 0 Å². The first-order chi connectivity index (χ1) is 16.9. The molecule has 0 atom stereocenters. The molecule has 17 nitrogen and oxygen atoms in total. The number of nitro groups is 3. The second kappa shape index (κ2) is 11.7. The van der Waals surface area contributed by atoms with Gasteiger partial charge in [0.2, 0.25) is 0 Å². The van der Waals surface area contributed by atoms with E-state index in [0.717, 1.165) is 42.5 Å². The summed E-state index contributed by atoms with van der Waals surface area (Å²) in [6.07, 6.45) is 0. The Hall–Kier alpha value is -4.23. The van der Waals surface area contributed by atoms with Crippen molar-refractivity contribution in [2.24, 2.45) is 15.5 Å². The summed E-state index contributed by atoms with van der Waals surface area (Å²) >= 11 is 0. The molecule has 19 heteroatoms. The smallest absolute Gasteiger partial charge is 0.744 e. The number of nitrogens with zero attached hydrogens (tertiary/aromatic N) is 7.